The Morgan fingerprint density at radius 1 is 1.07 bits per heavy atom. The topological polar surface area (TPSA) is 81.4 Å². The molecule has 0 aliphatic heterocycles. The van der Waals surface area contributed by atoms with E-state index < -0.39 is 0 Å². The molecule has 4 aromatic rings. The average Bonchev–Trinajstić information content (AvgIpc) is 3.17. The Morgan fingerprint density at radius 2 is 1.89 bits per heavy atom. The molecular weight excluding hydrogens is 342 g/mol. The summed E-state index contributed by atoms with van der Waals surface area (Å²) in [5, 5.41) is 7.21. The van der Waals surface area contributed by atoms with E-state index in [1.54, 1.807) is 25.6 Å². The zero-order valence-corrected chi connectivity index (χ0v) is 14.6. The fourth-order valence-corrected chi connectivity index (χ4v) is 2.85. The fraction of sp³-hybridized carbons (Fsp3) is 0.100. The number of nitrogens with zero attached hydrogens (tertiary/aromatic N) is 4. The largest absolute Gasteiger partial charge is 0.497 e. The smallest absolute Gasteiger partial charge is 0.291 e. The molecule has 1 atom stereocenters. The van der Waals surface area contributed by atoms with Gasteiger partial charge in [-0.25, -0.2) is 9.50 Å². The standard InChI is InChI=1S/C20H17N5O2/c1-27-16-10-5-9-15(13-16)17(14-7-3-2-4-8-14)22-19(26)18-23-20-21-11-6-12-25(20)24-18/h2-13,17H,1H3,(H,22,26). The molecule has 2 aromatic carbocycles. The first-order valence-corrected chi connectivity index (χ1v) is 8.42. The van der Waals surface area contributed by atoms with Crippen LogP contribution >= 0.6 is 0 Å². The maximum absolute atomic E-state index is 12.8. The number of hydrogen-bond donors (Lipinski definition) is 1. The summed E-state index contributed by atoms with van der Waals surface area (Å²) >= 11 is 0. The first-order chi connectivity index (χ1) is 13.2. The van der Waals surface area contributed by atoms with Gasteiger partial charge in [-0.2, -0.15) is 4.98 Å². The van der Waals surface area contributed by atoms with Crippen LogP contribution in [0.15, 0.2) is 73.1 Å². The number of aromatic nitrogens is 4. The minimum Gasteiger partial charge on any atom is -0.497 e. The van der Waals surface area contributed by atoms with Crippen molar-refractivity contribution in [1.82, 2.24) is 24.9 Å². The molecule has 27 heavy (non-hydrogen) atoms. The summed E-state index contributed by atoms with van der Waals surface area (Å²) in [5.74, 6) is 0.785. The monoisotopic (exact) mass is 359 g/mol. The molecule has 7 nitrogen and oxygen atoms in total. The van der Waals surface area contributed by atoms with Gasteiger partial charge in [0.2, 0.25) is 5.82 Å². The van der Waals surface area contributed by atoms with E-state index in [-0.39, 0.29) is 17.8 Å². The molecule has 1 unspecified atom stereocenters. The van der Waals surface area contributed by atoms with E-state index in [0.717, 1.165) is 16.9 Å². The molecule has 0 bridgehead atoms. The lowest BCUT2D eigenvalue weighted by molar-refractivity contribution is 0.0932. The van der Waals surface area contributed by atoms with Crippen molar-refractivity contribution < 1.29 is 9.53 Å². The Hall–Kier alpha value is -3.74. The number of benzene rings is 2. The first kappa shape index (κ1) is 16.7. The van der Waals surface area contributed by atoms with E-state index in [0.29, 0.717) is 5.78 Å². The number of amides is 1. The van der Waals surface area contributed by atoms with Gasteiger partial charge in [-0.3, -0.25) is 4.79 Å². The molecule has 4 rings (SSSR count). The molecule has 2 heterocycles. The number of methoxy groups -OCH3 is 1. The number of nitrogens with one attached hydrogen (secondary N) is 1. The van der Waals surface area contributed by atoms with E-state index in [1.165, 1.54) is 4.52 Å². The minimum absolute atomic E-state index is 0.0672. The second-order valence-electron chi connectivity index (χ2n) is 5.89. The lowest BCUT2D eigenvalue weighted by Gasteiger charge is -2.19. The van der Waals surface area contributed by atoms with E-state index in [4.69, 9.17) is 4.74 Å². The van der Waals surface area contributed by atoms with Gasteiger partial charge in [-0.05, 0) is 29.3 Å². The Labute approximate surface area is 155 Å². The van der Waals surface area contributed by atoms with Crippen LogP contribution in [0.25, 0.3) is 5.78 Å². The summed E-state index contributed by atoms with van der Waals surface area (Å²) in [5.41, 5.74) is 1.84. The van der Waals surface area contributed by atoms with Gasteiger partial charge >= 0.3 is 0 Å². The lowest BCUT2D eigenvalue weighted by atomic mass is 9.98. The van der Waals surface area contributed by atoms with Gasteiger partial charge in [-0.1, -0.05) is 42.5 Å². The highest BCUT2D eigenvalue weighted by Gasteiger charge is 2.21. The van der Waals surface area contributed by atoms with E-state index in [9.17, 15) is 4.79 Å². The van der Waals surface area contributed by atoms with Crippen molar-refractivity contribution in [2.24, 2.45) is 0 Å². The molecule has 134 valence electrons. The van der Waals surface area contributed by atoms with E-state index in [2.05, 4.69) is 20.4 Å². The number of fused-ring (bicyclic) bond motifs is 1. The van der Waals surface area contributed by atoms with Crippen LogP contribution in [0.4, 0.5) is 0 Å². The van der Waals surface area contributed by atoms with Crippen LogP contribution in [0.2, 0.25) is 0 Å². The van der Waals surface area contributed by atoms with Crippen molar-refractivity contribution in [3.8, 4) is 5.75 Å². The summed E-state index contributed by atoms with van der Waals surface area (Å²) in [6.07, 6.45) is 3.30. The molecule has 7 heteroatoms. The number of ether oxygens (including phenoxy) is 1. The molecule has 0 fully saturated rings. The van der Waals surface area contributed by atoms with Crippen molar-refractivity contribution >= 4 is 11.7 Å². The molecular formula is C20H17N5O2. The number of carbonyl (C=O) groups is 1. The van der Waals surface area contributed by atoms with Crippen molar-refractivity contribution in [3.05, 3.63) is 90.0 Å². The van der Waals surface area contributed by atoms with Crippen molar-refractivity contribution in [2.75, 3.05) is 7.11 Å². The molecule has 0 aliphatic carbocycles. The van der Waals surface area contributed by atoms with Crippen LogP contribution in [-0.4, -0.2) is 32.6 Å². The van der Waals surface area contributed by atoms with Crippen LogP contribution in [0, 0.1) is 0 Å². The van der Waals surface area contributed by atoms with E-state index >= 15 is 0 Å². The molecule has 0 saturated carbocycles. The summed E-state index contributed by atoms with van der Waals surface area (Å²) in [6, 6.07) is 18.7. The van der Waals surface area contributed by atoms with Gasteiger partial charge in [0, 0.05) is 12.4 Å². The summed E-state index contributed by atoms with van der Waals surface area (Å²) in [7, 11) is 1.61. The Balaban J connectivity index is 1.69. The highest BCUT2D eigenvalue weighted by molar-refractivity contribution is 5.91. The normalized spacial score (nSPS) is 11.9. The third-order valence-electron chi connectivity index (χ3n) is 4.16. The van der Waals surface area contributed by atoms with Crippen LogP contribution in [0.1, 0.15) is 27.8 Å². The fourth-order valence-electron chi connectivity index (χ4n) is 2.85. The average molecular weight is 359 g/mol. The van der Waals surface area contributed by atoms with Crippen molar-refractivity contribution in [3.63, 3.8) is 0 Å². The van der Waals surface area contributed by atoms with Crippen molar-refractivity contribution in [2.45, 2.75) is 6.04 Å². The number of rotatable bonds is 5. The van der Waals surface area contributed by atoms with Gasteiger partial charge in [-0.15, -0.1) is 5.10 Å². The van der Waals surface area contributed by atoms with Gasteiger partial charge in [0.15, 0.2) is 0 Å². The SMILES string of the molecule is COc1cccc(C(NC(=O)c2nc3ncccn3n2)c2ccccc2)c1. The zero-order valence-electron chi connectivity index (χ0n) is 14.6. The molecule has 1 N–H and O–H groups in total. The number of hydrogen-bond acceptors (Lipinski definition) is 5. The summed E-state index contributed by atoms with van der Waals surface area (Å²) in [4.78, 5) is 21.1. The molecule has 1 amide bonds. The van der Waals surface area contributed by atoms with Gasteiger partial charge in [0.05, 0.1) is 13.2 Å². The van der Waals surface area contributed by atoms with Crippen LogP contribution in [-0.2, 0) is 0 Å². The zero-order chi connectivity index (χ0) is 18.6. The Kier molecular flexibility index (Phi) is 4.49. The third kappa shape index (κ3) is 3.48. The minimum atomic E-state index is -0.378. The van der Waals surface area contributed by atoms with Gasteiger partial charge in [0.1, 0.15) is 5.75 Å². The predicted octanol–water partition coefficient (Wildman–Crippen LogP) is 2.65. The highest BCUT2D eigenvalue weighted by atomic mass is 16.5. The molecule has 2 aromatic heterocycles. The van der Waals surface area contributed by atoms with Crippen LogP contribution < -0.4 is 10.1 Å². The molecule has 0 aliphatic rings. The van der Waals surface area contributed by atoms with Crippen LogP contribution in [0.5, 0.6) is 5.75 Å². The van der Waals surface area contributed by atoms with Crippen LogP contribution in [0.3, 0.4) is 0 Å². The van der Waals surface area contributed by atoms with Gasteiger partial charge in [0.25, 0.3) is 11.7 Å². The maximum atomic E-state index is 12.8. The maximum Gasteiger partial charge on any atom is 0.291 e. The first-order valence-electron chi connectivity index (χ1n) is 8.42. The molecule has 0 radical (unpaired) electrons. The Morgan fingerprint density at radius 3 is 2.67 bits per heavy atom. The molecule has 0 saturated heterocycles. The Bertz CT molecular complexity index is 1040. The second kappa shape index (κ2) is 7.25. The van der Waals surface area contributed by atoms with Gasteiger partial charge < -0.3 is 10.1 Å². The second-order valence-corrected chi connectivity index (χ2v) is 5.89. The van der Waals surface area contributed by atoms with E-state index in [1.807, 2.05) is 54.6 Å². The summed E-state index contributed by atoms with van der Waals surface area (Å²) in [6.45, 7) is 0. The van der Waals surface area contributed by atoms with Crippen molar-refractivity contribution in [1.29, 1.82) is 0 Å². The lowest BCUT2D eigenvalue weighted by Crippen LogP contribution is -2.30. The molecule has 0 spiro atoms. The highest BCUT2D eigenvalue weighted by Crippen LogP contribution is 2.25. The summed E-state index contributed by atoms with van der Waals surface area (Å²) < 4.78 is 6.79. The number of carbonyl (C=O) groups excluding carboxylic acids is 1. The quantitative estimate of drug-likeness (QED) is 0.592. The third-order valence-corrected chi connectivity index (χ3v) is 4.16. The predicted molar refractivity (Wildman–Crippen MR) is 99.5 cm³/mol.